The van der Waals surface area contributed by atoms with Crippen molar-refractivity contribution in [1.29, 1.82) is 0 Å². The lowest BCUT2D eigenvalue weighted by molar-refractivity contribution is -0.140. The normalized spacial score (nSPS) is 11.2. The molecule has 0 heterocycles. The van der Waals surface area contributed by atoms with Gasteiger partial charge in [0.15, 0.2) is 0 Å². The predicted molar refractivity (Wildman–Crippen MR) is 55.4 cm³/mol. The van der Waals surface area contributed by atoms with Gasteiger partial charge in [-0.15, -0.1) is 0 Å². The summed E-state index contributed by atoms with van der Waals surface area (Å²) in [7, 11) is 0. The maximum atomic E-state index is 10.5. The molecule has 0 fully saturated rings. The van der Waals surface area contributed by atoms with Crippen molar-refractivity contribution in [3.05, 3.63) is 34.9 Å². The van der Waals surface area contributed by atoms with E-state index in [9.17, 15) is 4.79 Å². The molecular weight excluding hydrogens is 202 g/mol. The Hall–Kier alpha value is -1.35. The summed E-state index contributed by atoms with van der Waals surface area (Å²) in [5.41, 5.74) is 1.33. The fourth-order valence-electron chi connectivity index (χ4n) is 0.937. The van der Waals surface area contributed by atoms with Crippen LogP contribution in [0.3, 0.4) is 0 Å². The molecule has 0 aliphatic heterocycles. The molecule has 0 N–H and O–H groups in total. The Balaban J connectivity index is 2.89. The van der Waals surface area contributed by atoms with Gasteiger partial charge < -0.3 is 4.84 Å². The van der Waals surface area contributed by atoms with Gasteiger partial charge in [-0.1, -0.05) is 35.0 Å². The van der Waals surface area contributed by atoms with Crippen LogP contribution in [0.1, 0.15) is 19.4 Å². The summed E-state index contributed by atoms with van der Waals surface area (Å²) in [6, 6.07) is 7.23. The van der Waals surface area contributed by atoms with Gasteiger partial charge in [0, 0.05) is 17.5 Å². The van der Waals surface area contributed by atoms with Crippen LogP contribution in [0, 0.1) is 0 Å². The van der Waals surface area contributed by atoms with Gasteiger partial charge in [0.25, 0.3) is 0 Å². The van der Waals surface area contributed by atoms with Gasteiger partial charge in [0.05, 0.1) is 5.71 Å². The Bertz CT molecular complexity index is 374. The average Bonchev–Trinajstić information content (AvgIpc) is 2.15. The highest BCUT2D eigenvalue weighted by Gasteiger charge is 2.03. The highest BCUT2D eigenvalue weighted by atomic mass is 35.5. The Morgan fingerprint density at radius 1 is 1.36 bits per heavy atom. The summed E-state index contributed by atoms with van der Waals surface area (Å²) in [5.74, 6) is -0.448. The van der Waals surface area contributed by atoms with E-state index in [2.05, 4.69) is 9.99 Å². The Kier molecular flexibility index (Phi) is 3.65. The third-order valence-corrected chi connectivity index (χ3v) is 1.90. The fourth-order valence-corrected chi connectivity index (χ4v) is 1.21. The van der Waals surface area contributed by atoms with Gasteiger partial charge in [-0.25, -0.2) is 4.79 Å². The van der Waals surface area contributed by atoms with E-state index in [1.54, 1.807) is 13.0 Å². The van der Waals surface area contributed by atoms with E-state index in [1.807, 2.05) is 18.2 Å². The SMILES string of the molecule is CC(=O)O/N=C(/C)c1ccccc1Cl. The van der Waals surface area contributed by atoms with Gasteiger partial charge in [0.1, 0.15) is 0 Å². The van der Waals surface area contributed by atoms with Crippen molar-refractivity contribution in [3.63, 3.8) is 0 Å². The molecule has 0 aromatic heterocycles. The van der Waals surface area contributed by atoms with E-state index in [0.717, 1.165) is 5.56 Å². The second-order valence-corrected chi connectivity index (χ2v) is 3.15. The van der Waals surface area contributed by atoms with Crippen molar-refractivity contribution in [1.82, 2.24) is 0 Å². The Labute approximate surface area is 87.3 Å². The minimum absolute atomic E-state index is 0.448. The lowest BCUT2D eigenvalue weighted by Crippen LogP contribution is -1.99. The molecule has 0 aliphatic carbocycles. The molecule has 74 valence electrons. The minimum atomic E-state index is -0.448. The number of hydrogen-bond donors (Lipinski definition) is 0. The number of rotatable bonds is 2. The van der Waals surface area contributed by atoms with Gasteiger partial charge in [-0.3, -0.25) is 0 Å². The van der Waals surface area contributed by atoms with E-state index in [4.69, 9.17) is 11.6 Å². The Morgan fingerprint density at radius 2 is 2.00 bits per heavy atom. The van der Waals surface area contributed by atoms with Crippen LogP contribution in [-0.2, 0) is 9.63 Å². The third kappa shape index (κ3) is 2.85. The molecule has 0 unspecified atom stereocenters. The first-order chi connectivity index (χ1) is 6.61. The summed E-state index contributed by atoms with van der Waals surface area (Å²) in [6.07, 6.45) is 0. The minimum Gasteiger partial charge on any atom is -0.318 e. The number of oxime groups is 1. The second kappa shape index (κ2) is 4.77. The van der Waals surface area contributed by atoms with Crippen LogP contribution in [0.5, 0.6) is 0 Å². The van der Waals surface area contributed by atoms with Gasteiger partial charge >= 0.3 is 5.97 Å². The zero-order valence-electron chi connectivity index (χ0n) is 7.95. The number of halogens is 1. The quantitative estimate of drug-likeness (QED) is 0.429. The van der Waals surface area contributed by atoms with Crippen LogP contribution < -0.4 is 0 Å². The monoisotopic (exact) mass is 211 g/mol. The van der Waals surface area contributed by atoms with Crippen LogP contribution >= 0.6 is 11.6 Å². The number of hydrogen-bond acceptors (Lipinski definition) is 3. The molecule has 0 atom stereocenters. The predicted octanol–water partition coefficient (Wildman–Crippen LogP) is 2.63. The number of nitrogens with zero attached hydrogens (tertiary/aromatic N) is 1. The van der Waals surface area contributed by atoms with Crippen LogP contribution in [0.4, 0.5) is 0 Å². The second-order valence-electron chi connectivity index (χ2n) is 2.74. The lowest BCUT2D eigenvalue weighted by Gasteiger charge is -2.01. The van der Waals surface area contributed by atoms with Gasteiger partial charge in [-0.2, -0.15) is 0 Å². The van der Waals surface area contributed by atoms with Crippen molar-refractivity contribution >= 4 is 23.3 Å². The van der Waals surface area contributed by atoms with E-state index < -0.39 is 5.97 Å². The summed E-state index contributed by atoms with van der Waals surface area (Å²) in [6.45, 7) is 3.02. The maximum absolute atomic E-state index is 10.5. The molecule has 1 rings (SSSR count). The van der Waals surface area contributed by atoms with E-state index in [-0.39, 0.29) is 0 Å². The van der Waals surface area contributed by atoms with Crippen molar-refractivity contribution in [3.8, 4) is 0 Å². The van der Waals surface area contributed by atoms with Crippen LogP contribution in [0.2, 0.25) is 5.02 Å². The average molecular weight is 212 g/mol. The molecule has 0 saturated carbocycles. The smallest absolute Gasteiger partial charge is 0.318 e. The first kappa shape index (κ1) is 10.7. The number of carbonyl (C=O) groups excluding carboxylic acids is 1. The van der Waals surface area contributed by atoms with Crippen LogP contribution in [0.15, 0.2) is 29.4 Å². The van der Waals surface area contributed by atoms with E-state index >= 15 is 0 Å². The summed E-state index contributed by atoms with van der Waals surface area (Å²) in [5, 5.41) is 4.22. The third-order valence-electron chi connectivity index (χ3n) is 1.57. The molecule has 14 heavy (non-hydrogen) atoms. The summed E-state index contributed by atoms with van der Waals surface area (Å²) in [4.78, 5) is 15.0. The Morgan fingerprint density at radius 3 is 2.57 bits per heavy atom. The molecule has 0 amide bonds. The van der Waals surface area contributed by atoms with Gasteiger partial charge in [-0.05, 0) is 13.0 Å². The molecule has 1 aromatic carbocycles. The molecule has 0 bridgehead atoms. The summed E-state index contributed by atoms with van der Waals surface area (Å²) >= 11 is 5.91. The van der Waals surface area contributed by atoms with Gasteiger partial charge in [0.2, 0.25) is 0 Å². The molecule has 0 saturated heterocycles. The van der Waals surface area contributed by atoms with Crippen molar-refractivity contribution in [2.45, 2.75) is 13.8 Å². The highest BCUT2D eigenvalue weighted by Crippen LogP contribution is 2.15. The topological polar surface area (TPSA) is 38.7 Å². The molecule has 0 radical (unpaired) electrons. The first-order valence-electron chi connectivity index (χ1n) is 4.08. The highest BCUT2D eigenvalue weighted by molar-refractivity contribution is 6.34. The molecule has 4 heteroatoms. The standard InChI is InChI=1S/C10H10ClNO2/c1-7(12-14-8(2)13)9-5-3-4-6-10(9)11/h3-6H,1-2H3/b12-7-. The number of carbonyl (C=O) groups is 1. The van der Waals surface area contributed by atoms with Crippen LogP contribution in [-0.4, -0.2) is 11.7 Å². The number of benzene rings is 1. The van der Waals surface area contributed by atoms with Crippen molar-refractivity contribution in [2.24, 2.45) is 5.16 Å². The van der Waals surface area contributed by atoms with Crippen molar-refractivity contribution in [2.75, 3.05) is 0 Å². The largest absolute Gasteiger partial charge is 0.331 e. The molecule has 3 nitrogen and oxygen atoms in total. The molecule has 0 aliphatic rings. The van der Waals surface area contributed by atoms with Crippen LogP contribution in [0.25, 0.3) is 0 Å². The van der Waals surface area contributed by atoms with Crippen molar-refractivity contribution < 1.29 is 9.63 Å². The maximum Gasteiger partial charge on any atom is 0.331 e. The zero-order chi connectivity index (χ0) is 10.6. The van der Waals surface area contributed by atoms with E-state index in [0.29, 0.717) is 10.7 Å². The fraction of sp³-hybridized carbons (Fsp3) is 0.200. The van der Waals surface area contributed by atoms with E-state index in [1.165, 1.54) is 6.92 Å². The first-order valence-corrected chi connectivity index (χ1v) is 4.46. The molecule has 0 spiro atoms. The zero-order valence-corrected chi connectivity index (χ0v) is 8.71. The molecule has 1 aromatic rings. The summed E-state index contributed by atoms with van der Waals surface area (Å²) < 4.78 is 0. The molecular formula is C10H10ClNO2. The lowest BCUT2D eigenvalue weighted by atomic mass is 10.1.